The highest BCUT2D eigenvalue weighted by Crippen LogP contribution is 2.22. The predicted octanol–water partition coefficient (Wildman–Crippen LogP) is 0.570. The van der Waals surface area contributed by atoms with Gasteiger partial charge >= 0.3 is 0 Å². The summed E-state index contributed by atoms with van der Waals surface area (Å²) >= 11 is 0. The lowest BCUT2D eigenvalue weighted by Gasteiger charge is -2.22. The van der Waals surface area contributed by atoms with Crippen molar-refractivity contribution >= 4 is 10.0 Å². The molecule has 0 bridgehead atoms. The van der Waals surface area contributed by atoms with E-state index < -0.39 is 10.0 Å². The molecule has 0 saturated heterocycles. The number of nitrogens with two attached hydrogens (primary N) is 2. The highest BCUT2D eigenvalue weighted by molar-refractivity contribution is 7.89. The second-order valence-corrected chi connectivity index (χ2v) is 5.72. The molecule has 1 aromatic rings. The van der Waals surface area contributed by atoms with Gasteiger partial charge in [0, 0.05) is 12.0 Å². The Kier molecular flexibility index (Phi) is 3.18. The SMILES string of the molecule is CC(C)(CN)c1ccc(S(N)(=O)=O)cc1. The standard InChI is InChI=1S/C10H16N2O2S/c1-10(2,7-11)8-3-5-9(6-4-8)15(12,13)14/h3-6H,7,11H2,1-2H3,(H2,12,13,14). The highest BCUT2D eigenvalue weighted by Gasteiger charge is 2.18. The Morgan fingerprint density at radius 3 is 2.00 bits per heavy atom. The number of benzene rings is 1. The van der Waals surface area contributed by atoms with E-state index in [9.17, 15) is 8.42 Å². The third-order valence-electron chi connectivity index (χ3n) is 2.47. The van der Waals surface area contributed by atoms with Gasteiger partial charge in [0.15, 0.2) is 0 Å². The van der Waals surface area contributed by atoms with E-state index >= 15 is 0 Å². The smallest absolute Gasteiger partial charge is 0.238 e. The maximum Gasteiger partial charge on any atom is 0.238 e. The molecule has 0 heterocycles. The van der Waals surface area contributed by atoms with Gasteiger partial charge in [0.25, 0.3) is 0 Å². The van der Waals surface area contributed by atoms with Crippen LogP contribution in [0.5, 0.6) is 0 Å². The van der Waals surface area contributed by atoms with Crippen LogP contribution in [0.4, 0.5) is 0 Å². The van der Waals surface area contributed by atoms with Crippen molar-refractivity contribution in [3.8, 4) is 0 Å². The van der Waals surface area contributed by atoms with Crippen molar-refractivity contribution in [1.82, 2.24) is 0 Å². The second-order valence-electron chi connectivity index (χ2n) is 4.16. The number of hydrogen-bond acceptors (Lipinski definition) is 3. The molecule has 4 nitrogen and oxygen atoms in total. The van der Waals surface area contributed by atoms with Crippen molar-refractivity contribution in [2.45, 2.75) is 24.2 Å². The van der Waals surface area contributed by atoms with Gasteiger partial charge in [0.1, 0.15) is 0 Å². The van der Waals surface area contributed by atoms with Gasteiger partial charge in [0.05, 0.1) is 4.90 Å². The fourth-order valence-corrected chi connectivity index (χ4v) is 1.73. The summed E-state index contributed by atoms with van der Waals surface area (Å²) in [6, 6.07) is 6.49. The highest BCUT2D eigenvalue weighted by atomic mass is 32.2. The van der Waals surface area contributed by atoms with Crippen LogP contribution in [0, 0.1) is 0 Å². The lowest BCUT2D eigenvalue weighted by atomic mass is 9.85. The lowest BCUT2D eigenvalue weighted by molar-refractivity contribution is 0.538. The predicted molar refractivity (Wildman–Crippen MR) is 59.9 cm³/mol. The fraction of sp³-hybridized carbons (Fsp3) is 0.400. The maximum absolute atomic E-state index is 11.0. The Labute approximate surface area is 90.3 Å². The summed E-state index contributed by atoms with van der Waals surface area (Å²) in [4.78, 5) is 0.124. The van der Waals surface area contributed by atoms with E-state index in [1.54, 1.807) is 12.1 Å². The molecule has 0 fully saturated rings. The minimum Gasteiger partial charge on any atom is -0.330 e. The summed E-state index contributed by atoms with van der Waals surface area (Å²) in [5, 5.41) is 5.00. The molecule has 0 unspecified atom stereocenters. The first kappa shape index (κ1) is 12.2. The first-order valence-corrected chi connectivity index (χ1v) is 6.15. The molecule has 0 spiro atoms. The van der Waals surface area contributed by atoms with Crippen molar-refractivity contribution < 1.29 is 8.42 Å². The molecule has 0 aliphatic rings. The van der Waals surface area contributed by atoms with E-state index in [0.717, 1.165) is 5.56 Å². The molecule has 15 heavy (non-hydrogen) atoms. The van der Waals surface area contributed by atoms with Gasteiger partial charge in [-0.2, -0.15) is 0 Å². The third-order valence-corrected chi connectivity index (χ3v) is 3.40. The van der Waals surface area contributed by atoms with Crippen LogP contribution in [-0.4, -0.2) is 15.0 Å². The number of hydrogen-bond donors (Lipinski definition) is 2. The molecule has 1 aromatic carbocycles. The van der Waals surface area contributed by atoms with Crippen molar-refractivity contribution in [2.75, 3.05) is 6.54 Å². The summed E-state index contributed by atoms with van der Waals surface area (Å²) in [6.45, 7) is 4.50. The van der Waals surface area contributed by atoms with Crippen LogP contribution in [0.2, 0.25) is 0 Å². The van der Waals surface area contributed by atoms with Crippen LogP contribution in [0.3, 0.4) is 0 Å². The van der Waals surface area contributed by atoms with Crippen molar-refractivity contribution in [2.24, 2.45) is 10.9 Å². The van der Waals surface area contributed by atoms with Gasteiger partial charge in [-0.15, -0.1) is 0 Å². The Bertz CT molecular complexity index is 435. The summed E-state index contributed by atoms with van der Waals surface area (Å²) < 4.78 is 22.0. The summed E-state index contributed by atoms with van der Waals surface area (Å²) in [5.41, 5.74) is 6.46. The van der Waals surface area contributed by atoms with E-state index in [2.05, 4.69) is 0 Å². The Morgan fingerprint density at radius 1 is 1.20 bits per heavy atom. The van der Waals surface area contributed by atoms with Gasteiger partial charge in [-0.1, -0.05) is 26.0 Å². The molecule has 84 valence electrons. The normalized spacial score (nSPS) is 12.8. The zero-order valence-electron chi connectivity index (χ0n) is 8.90. The van der Waals surface area contributed by atoms with Gasteiger partial charge in [-0.25, -0.2) is 13.6 Å². The molecule has 4 N–H and O–H groups in total. The molecule has 5 heteroatoms. The van der Waals surface area contributed by atoms with Crippen LogP contribution in [0.25, 0.3) is 0 Å². The molecular weight excluding hydrogens is 212 g/mol. The zero-order valence-corrected chi connectivity index (χ0v) is 9.71. The third kappa shape index (κ3) is 2.77. The average molecular weight is 228 g/mol. The largest absolute Gasteiger partial charge is 0.330 e. The van der Waals surface area contributed by atoms with Crippen molar-refractivity contribution in [3.05, 3.63) is 29.8 Å². The van der Waals surface area contributed by atoms with Crippen molar-refractivity contribution in [1.29, 1.82) is 0 Å². The summed E-state index contributed by atoms with van der Waals surface area (Å²) in [7, 11) is -3.60. The fourth-order valence-electron chi connectivity index (χ4n) is 1.21. The first-order valence-electron chi connectivity index (χ1n) is 4.61. The zero-order chi connectivity index (χ0) is 11.7. The van der Waals surface area contributed by atoms with Gasteiger partial charge < -0.3 is 5.73 Å². The molecule has 0 aromatic heterocycles. The van der Waals surface area contributed by atoms with Crippen LogP contribution in [0.15, 0.2) is 29.2 Å². The summed E-state index contributed by atoms with van der Waals surface area (Å²) in [6.07, 6.45) is 0. The van der Waals surface area contributed by atoms with E-state index in [1.807, 2.05) is 13.8 Å². The molecule has 0 atom stereocenters. The minimum absolute atomic E-state index is 0.124. The van der Waals surface area contributed by atoms with E-state index in [1.165, 1.54) is 12.1 Å². The van der Waals surface area contributed by atoms with Gasteiger partial charge in [0.2, 0.25) is 10.0 Å². The number of primary sulfonamides is 1. The average Bonchev–Trinajstić information content (AvgIpc) is 2.17. The topological polar surface area (TPSA) is 86.2 Å². The Balaban J connectivity index is 3.12. The Hall–Kier alpha value is -0.910. The van der Waals surface area contributed by atoms with Crippen LogP contribution >= 0.6 is 0 Å². The molecule has 0 amide bonds. The van der Waals surface area contributed by atoms with Crippen LogP contribution < -0.4 is 10.9 Å². The lowest BCUT2D eigenvalue weighted by Crippen LogP contribution is -2.28. The molecule has 1 rings (SSSR count). The van der Waals surface area contributed by atoms with Crippen LogP contribution in [0.1, 0.15) is 19.4 Å². The van der Waals surface area contributed by atoms with E-state index in [0.29, 0.717) is 6.54 Å². The van der Waals surface area contributed by atoms with Gasteiger partial charge in [-0.3, -0.25) is 0 Å². The molecular formula is C10H16N2O2S. The minimum atomic E-state index is -3.60. The van der Waals surface area contributed by atoms with Crippen LogP contribution in [-0.2, 0) is 15.4 Å². The quantitative estimate of drug-likeness (QED) is 0.793. The summed E-state index contributed by atoms with van der Waals surface area (Å²) in [5.74, 6) is 0. The van der Waals surface area contributed by atoms with Gasteiger partial charge in [-0.05, 0) is 17.7 Å². The number of rotatable bonds is 3. The molecule has 0 aliphatic heterocycles. The monoisotopic (exact) mass is 228 g/mol. The first-order chi connectivity index (χ1) is 6.77. The van der Waals surface area contributed by atoms with E-state index in [-0.39, 0.29) is 10.3 Å². The second kappa shape index (κ2) is 3.92. The van der Waals surface area contributed by atoms with Crippen molar-refractivity contribution in [3.63, 3.8) is 0 Å². The number of sulfonamides is 1. The molecule has 0 aliphatic carbocycles. The Morgan fingerprint density at radius 2 is 1.67 bits per heavy atom. The maximum atomic E-state index is 11.0. The van der Waals surface area contributed by atoms with E-state index in [4.69, 9.17) is 10.9 Å². The molecule has 0 radical (unpaired) electrons. The molecule has 0 saturated carbocycles.